The molecular weight excluding hydrogens is 356 g/mol. The molecule has 1 heterocycles. The van der Waals surface area contributed by atoms with E-state index in [1.54, 1.807) is 24.3 Å². The molecule has 0 radical (unpaired) electrons. The smallest absolute Gasteiger partial charge is 0.229 e. The first-order valence-electron chi connectivity index (χ1n) is 8.27. The van der Waals surface area contributed by atoms with Crippen molar-refractivity contribution in [2.24, 2.45) is 5.92 Å². The van der Waals surface area contributed by atoms with Crippen molar-refractivity contribution < 1.29 is 23.2 Å². The van der Waals surface area contributed by atoms with Crippen LogP contribution in [0.1, 0.15) is 13.3 Å². The van der Waals surface area contributed by atoms with E-state index in [0.29, 0.717) is 17.4 Å². The molecule has 0 aromatic heterocycles. The fourth-order valence-electron chi connectivity index (χ4n) is 2.93. The van der Waals surface area contributed by atoms with Crippen LogP contribution in [-0.2, 0) is 14.4 Å². The van der Waals surface area contributed by atoms with Crippen LogP contribution in [0.2, 0.25) is 0 Å². The minimum absolute atomic E-state index is 0.00283. The summed E-state index contributed by atoms with van der Waals surface area (Å²) in [7, 11) is 0. The fourth-order valence-corrected chi connectivity index (χ4v) is 2.93. The summed E-state index contributed by atoms with van der Waals surface area (Å²) in [5, 5.41) is 5.07. The second-order valence-corrected chi connectivity index (χ2v) is 6.28. The highest BCUT2D eigenvalue weighted by molar-refractivity contribution is 6.03. The van der Waals surface area contributed by atoms with Gasteiger partial charge in [-0.3, -0.25) is 14.4 Å². The quantitative estimate of drug-likeness (QED) is 0.865. The summed E-state index contributed by atoms with van der Waals surface area (Å²) in [6.07, 6.45) is -0.00290. The van der Waals surface area contributed by atoms with E-state index in [9.17, 15) is 23.2 Å². The van der Waals surface area contributed by atoms with Crippen molar-refractivity contribution in [1.82, 2.24) is 0 Å². The van der Waals surface area contributed by atoms with Gasteiger partial charge in [0.05, 0.1) is 5.92 Å². The molecule has 0 saturated carbocycles. The molecule has 3 rings (SSSR count). The zero-order chi connectivity index (χ0) is 19.6. The third-order valence-electron chi connectivity index (χ3n) is 4.13. The van der Waals surface area contributed by atoms with Gasteiger partial charge in [-0.2, -0.15) is 0 Å². The number of nitrogens with one attached hydrogen (secondary N) is 2. The van der Waals surface area contributed by atoms with Crippen LogP contribution in [0.4, 0.5) is 25.8 Å². The third-order valence-corrected chi connectivity index (χ3v) is 4.13. The van der Waals surface area contributed by atoms with E-state index in [1.165, 1.54) is 11.8 Å². The van der Waals surface area contributed by atoms with Crippen molar-refractivity contribution in [3.05, 3.63) is 54.1 Å². The van der Waals surface area contributed by atoms with Crippen LogP contribution in [0.25, 0.3) is 0 Å². The highest BCUT2D eigenvalue weighted by atomic mass is 19.1. The zero-order valence-corrected chi connectivity index (χ0v) is 14.5. The Morgan fingerprint density at radius 2 is 1.63 bits per heavy atom. The summed E-state index contributed by atoms with van der Waals surface area (Å²) >= 11 is 0. The number of rotatable bonds is 4. The van der Waals surface area contributed by atoms with Crippen LogP contribution < -0.4 is 15.5 Å². The van der Waals surface area contributed by atoms with Crippen molar-refractivity contribution in [1.29, 1.82) is 0 Å². The lowest BCUT2D eigenvalue weighted by molar-refractivity contribution is -0.122. The molecule has 2 aromatic rings. The molecule has 8 heteroatoms. The average molecular weight is 373 g/mol. The van der Waals surface area contributed by atoms with Crippen LogP contribution in [0, 0.1) is 17.6 Å². The van der Waals surface area contributed by atoms with Crippen LogP contribution in [-0.4, -0.2) is 24.3 Å². The summed E-state index contributed by atoms with van der Waals surface area (Å²) < 4.78 is 26.5. The summed E-state index contributed by atoms with van der Waals surface area (Å²) in [5.41, 5.74) is 1.20. The van der Waals surface area contributed by atoms with E-state index >= 15 is 0 Å². The maximum absolute atomic E-state index is 13.2. The number of nitrogens with zero attached hydrogens (tertiary/aromatic N) is 1. The molecule has 1 atom stereocenters. The second-order valence-electron chi connectivity index (χ2n) is 6.28. The number of anilines is 3. The lowest BCUT2D eigenvalue weighted by Gasteiger charge is -2.17. The maximum Gasteiger partial charge on any atom is 0.229 e. The number of benzene rings is 2. The first-order chi connectivity index (χ1) is 12.8. The van der Waals surface area contributed by atoms with Crippen molar-refractivity contribution in [3.63, 3.8) is 0 Å². The molecule has 1 fully saturated rings. The number of amides is 3. The van der Waals surface area contributed by atoms with Gasteiger partial charge in [0.25, 0.3) is 0 Å². The Bertz CT molecular complexity index is 879. The third kappa shape index (κ3) is 4.46. The monoisotopic (exact) mass is 373 g/mol. The van der Waals surface area contributed by atoms with E-state index in [2.05, 4.69) is 10.6 Å². The van der Waals surface area contributed by atoms with Crippen molar-refractivity contribution >= 4 is 34.8 Å². The summed E-state index contributed by atoms with van der Waals surface area (Å²) in [6, 6.07) is 9.39. The van der Waals surface area contributed by atoms with Crippen molar-refractivity contribution in [3.8, 4) is 0 Å². The topological polar surface area (TPSA) is 78.5 Å². The van der Waals surface area contributed by atoms with Gasteiger partial charge >= 0.3 is 0 Å². The molecule has 0 bridgehead atoms. The van der Waals surface area contributed by atoms with Gasteiger partial charge in [0.1, 0.15) is 11.6 Å². The Morgan fingerprint density at radius 1 is 1.00 bits per heavy atom. The predicted octanol–water partition coefficient (Wildman–Crippen LogP) is 2.91. The van der Waals surface area contributed by atoms with E-state index in [-0.39, 0.29) is 30.5 Å². The minimum Gasteiger partial charge on any atom is -0.326 e. The largest absolute Gasteiger partial charge is 0.326 e. The Kier molecular flexibility index (Phi) is 5.16. The van der Waals surface area contributed by atoms with Crippen LogP contribution in [0.3, 0.4) is 0 Å². The molecule has 140 valence electrons. The SMILES string of the molecule is CC(=O)Nc1ccc(N2CC(C(=O)Nc3cc(F)cc(F)c3)CC2=O)cc1. The van der Waals surface area contributed by atoms with Gasteiger partial charge in [-0.05, 0) is 36.4 Å². The average Bonchev–Trinajstić information content (AvgIpc) is 2.96. The molecule has 1 unspecified atom stereocenters. The lowest BCUT2D eigenvalue weighted by atomic mass is 10.1. The number of carbonyl (C=O) groups is 3. The first kappa shape index (κ1) is 18.5. The van der Waals surface area contributed by atoms with Gasteiger partial charge in [0.2, 0.25) is 17.7 Å². The first-order valence-corrected chi connectivity index (χ1v) is 8.27. The molecule has 2 N–H and O–H groups in total. The van der Waals surface area contributed by atoms with Crippen LogP contribution >= 0.6 is 0 Å². The summed E-state index contributed by atoms with van der Waals surface area (Å²) in [4.78, 5) is 37.1. The molecule has 27 heavy (non-hydrogen) atoms. The van der Waals surface area contributed by atoms with Gasteiger partial charge in [-0.15, -0.1) is 0 Å². The number of carbonyl (C=O) groups excluding carboxylic acids is 3. The van der Waals surface area contributed by atoms with Gasteiger partial charge in [0.15, 0.2) is 0 Å². The maximum atomic E-state index is 13.2. The van der Waals surface area contributed by atoms with Gasteiger partial charge in [-0.25, -0.2) is 8.78 Å². The Balaban J connectivity index is 1.67. The molecule has 0 aliphatic carbocycles. The Morgan fingerprint density at radius 3 is 2.22 bits per heavy atom. The number of hydrogen-bond acceptors (Lipinski definition) is 3. The van der Waals surface area contributed by atoms with E-state index in [1.807, 2.05) is 0 Å². The molecule has 1 saturated heterocycles. The molecule has 2 aromatic carbocycles. The number of halogens is 2. The van der Waals surface area contributed by atoms with E-state index in [4.69, 9.17) is 0 Å². The van der Waals surface area contributed by atoms with Crippen molar-refractivity contribution in [2.75, 3.05) is 22.1 Å². The summed E-state index contributed by atoms with van der Waals surface area (Å²) in [5.74, 6) is -3.15. The van der Waals surface area contributed by atoms with Crippen LogP contribution in [0.5, 0.6) is 0 Å². The number of hydrogen-bond donors (Lipinski definition) is 2. The van der Waals surface area contributed by atoms with E-state index < -0.39 is 23.5 Å². The Hall–Kier alpha value is -3.29. The van der Waals surface area contributed by atoms with Crippen LogP contribution in [0.15, 0.2) is 42.5 Å². The fraction of sp³-hybridized carbons (Fsp3) is 0.211. The van der Waals surface area contributed by atoms with Crippen molar-refractivity contribution in [2.45, 2.75) is 13.3 Å². The normalized spacial score (nSPS) is 16.3. The lowest BCUT2D eigenvalue weighted by Crippen LogP contribution is -2.28. The molecule has 6 nitrogen and oxygen atoms in total. The molecule has 0 spiro atoms. The predicted molar refractivity (Wildman–Crippen MR) is 96.2 cm³/mol. The van der Waals surface area contributed by atoms with E-state index in [0.717, 1.165) is 12.1 Å². The van der Waals surface area contributed by atoms with Gasteiger partial charge in [-0.1, -0.05) is 0 Å². The summed E-state index contributed by atoms with van der Waals surface area (Å²) in [6.45, 7) is 1.55. The van der Waals surface area contributed by atoms with Gasteiger partial charge in [0, 0.05) is 43.0 Å². The molecule has 1 aliphatic heterocycles. The standard InChI is InChI=1S/C19H17F2N3O3/c1-11(25)22-15-2-4-17(5-3-15)24-10-12(6-18(24)26)19(27)23-16-8-13(20)7-14(21)9-16/h2-5,7-9,12H,6,10H2,1H3,(H,22,25)(H,23,27). The highest BCUT2D eigenvalue weighted by Gasteiger charge is 2.35. The minimum atomic E-state index is -0.798. The highest BCUT2D eigenvalue weighted by Crippen LogP contribution is 2.27. The Labute approximate surface area is 154 Å². The molecular formula is C19H17F2N3O3. The molecule has 1 aliphatic rings. The zero-order valence-electron chi connectivity index (χ0n) is 14.5. The van der Waals surface area contributed by atoms with Gasteiger partial charge < -0.3 is 15.5 Å². The molecule has 3 amide bonds. The second kappa shape index (κ2) is 7.53.